The number of ether oxygens (including phenoxy) is 1. The number of aliphatic hydroxyl groups excluding tert-OH is 1. The minimum atomic E-state index is -0.484. The number of hydrogen-bond acceptors (Lipinski definition) is 4. The Hall–Kier alpha value is -0.650. The molecule has 0 aromatic rings. The quantitative estimate of drug-likeness (QED) is 0.706. The van der Waals surface area contributed by atoms with E-state index in [9.17, 15) is 9.90 Å². The average molecular weight is 298 g/mol. The molecule has 0 spiro atoms. The Labute approximate surface area is 128 Å². The van der Waals surface area contributed by atoms with Gasteiger partial charge in [-0.2, -0.15) is 0 Å². The molecule has 1 saturated heterocycles. The summed E-state index contributed by atoms with van der Waals surface area (Å²) in [5.41, 5.74) is 0. The number of carbonyl (C=O) groups excluding carboxylic acids is 1. The van der Waals surface area contributed by atoms with Crippen molar-refractivity contribution in [3.63, 3.8) is 0 Å². The molecule has 2 aliphatic rings. The molecular weight excluding hydrogens is 268 g/mol. The third kappa shape index (κ3) is 6.76. The number of nitrogens with zero attached hydrogens (tertiary/aromatic N) is 1. The van der Waals surface area contributed by atoms with Crippen LogP contribution < -0.4 is 5.32 Å². The molecule has 0 aromatic heterocycles. The van der Waals surface area contributed by atoms with E-state index in [0.717, 1.165) is 38.6 Å². The summed E-state index contributed by atoms with van der Waals surface area (Å²) in [7, 11) is 0. The Morgan fingerprint density at radius 1 is 1.29 bits per heavy atom. The minimum absolute atomic E-state index is 0.0778. The summed E-state index contributed by atoms with van der Waals surface area (Å²) >= 11 is 0. The highest BCUT2D eigenvalue weighted by Gasteiger charge is 2.17. The van der Waals surface area contributed by atoms with Crippen LogP contribution in [-0.2, 0) is 9.53 Å². The number of amides is 1. The second-order valence-electron chi connectivity index (χ2n) is 6.41. The maximum atomic E-state index is 11.8. The van der Waals surface area contributed by atoms with E-state index in [1.165, 1.54) is 32.1 Å². The van der Waals surface area contributed by atoms with Crippen molar-refractivity contribution < 1.29 is 14.6 Å². The van der Waals surface area contributed by atoms with Crippen LogP contribution in [0.3, 0.4) is 0 Å². The van der Waals surface area contributed by atoms with Gasteiger partial charge in [-0.3, -0.25) is 9.69 Å². The van der Waals surface area contributed by atoms with Crippen LogP contribution in [0, 0.1) is 5.92 Å². The number of aliphatic hydroxyl groups is 1. The summed E-state index contributed by atoms with van der Waals surface area (Å²) in [6, 6.07) is 0. The molecule has 5 nitrogen and oxygen atoms in total. The molecule has 1 saturated carbocycles. The van der Waals surface area contributed by atoms with E-state index in [1.807, 2.05) is 0 Å². The Bertz CT molecular complexity index is 300. The zero-order valence-electron chi connectivity index (χ0n) is 13.1. The lowest BCUT2D eigenvalue weighted by molar-refractivity contribution is -0.121. The molecule has 1 aliphatic carbocycles. The molecule has 0 radical (unpaired) electrons. The first-order chi connectivity index (χ1) is 10.2. The smallest absolute Gasteiger partial charge is 0.220 e. The number of hydrogen-bond donors (Lipinski definition) is 2. The normalized spacial score (nSPS) is 22.3. The van der Waals surface area contributed by atoms with Crippen molar-refractivity contribution in [2.24, 2.45) is 5.92 Å². The lowest BCUT2D eigenvalue weighted by Crippen LogP contribution is -2.44. The molecule has 1 unspecified atom stereocenters. The van der Waals surface area contributed by atoms with Crippen molar-refractivity contribution >= 4 is 5.91 Å². The first-order valence-corrected chi connectivity index (χ1v) is 8.49. The predicted octanol–water partition coefficient (Wildman–Crippen LogP) is 1.16. The van der Waals surface area contributed by atoms with Gasteiger partial charge in [-0.25, -0.2) is 0 Å². The molecule has 0 bridgehead atoms. The maximum Gasteiger partial charge on any atom is 0.220 e. The third-order valence-corrected chi connectivity index (χ3v) is 4.60. The largest absolute Gasteiger partial charge is 0.390 e. The number of carbonyl (C=O) groups is 1. The SMILES string of the molecule is O=C(CCCC1CCCC1)NCC(O)CN1CCOCC1. The average Bonchev–Trinajstić information content (AvgIpc) is 2.99. The second kappa shape index (κ2) is 9.38. The van der Waals surface area contributed by atoms with Crippen LogP contribution in [0.2, 0.25) is 0 Å². The van der Waals surface area contributed by atoms with Crippen LogP contribution in [0.4, 0.5) is 0 Å². The Morgan fingerprint density at radius 3 is 2.71 bits per heavy atom. The van der Waals surface area contributed by atoms with Crippen molar-refractivity contribution in [2.45, 2.75) is 51.0 Å². The van der Waals surface area contributed by atoms with Gasteiger partial charge in [0, 0.05) is 32.6 Å². The second-order valence-corrected chi connectivity index (χ2v) is 6.41. The molecule has 2 fully saturated rings. The zero-order valence-corrected chi connectivity index (χ0v) is 13.1. The van der Waals surface area contributed by atoms with Gasteiger partial charge in [0.15, 0.2) is 0 Å². The van der Waals surface area contributed by atoms with Crippen molar-refractivity contribution in [1.29, 1.82) is 0 Å². The van der Waals surface area contributed by atoms with Crippen molar-refractivity contribution in [3.05, 3.63) is 0 Å². The first-order valence-electron chi connectivity index (χ1n) is 8.49. The minimum Gasteiger partial charge on any atom is -0.390 e. The summed E-state index contributed by atoms with van der Waals surface area (Å²) in [5, 5.41) is 12.8. The number of β-amino-alcohol motifs (C(OH)–C–C–N with tert-alkyl or cyclic N) is 1. The summed E-state index contributed by atoms with van der Waals surface area (Å²) in [6.45, 7) is 4.19. The van der Waals surface area contributed by atoms with Crippen molar-refractivity contribution in [1.82, 2.24) is 10.2 Å². The van der Waals surface area contributed by atoms with Gasteiger partial charge in [-0.1, -0.05) is 25.7 Å². The van der Waals surface area contributed by atoms with E-state index >= 15 is 0 Å². The van der Waals surface area contributed by atoms with Crippen LogP contribution in [-0.4, -0.2) is 61.4 Å². The van der Waals surface area contributed by atoms with Gasteiger partial charge in [-0.05, 0) is 18.8 Å². The molecule has 1 aliphatic heterocycles. The van der Waals surface area contributed by atoms with Crippen LogP contribution in [0.1, 0.15) is 44.9 Å². The summed E-state index contributed by atoms with van der Waals surface area (Å²) in [6.07, 6.45) is 7.71. The van der Waals surface area contributed by atoms with Crippen molar-refractivity contribution in [2.75, 3.05) is 39.4 Å². The van der Waals surface area contributed by atoms with E-state index < -0.39 is 6.10 Å². The summed E-state index contributed by atoms with van der Waals surface area (Å²) in [4.78, 5) is 13.9. The van der Waals surface area contributed by atoms with Gasteiger partial charge in [-0.15, -0.1) is 0 Å². The van der Waals surface area contributed by atoms with Crippen LogP contribution in [0.15, 0.2) is 0 Å². The van der Waals surface area contributed by atoms with Crippen molar-refractivity contribution in [3.8, 4) is 0 Å². The monoisotopic (exact) mass is 298 g/mol. The molecule has 1 heterocycles. The molecule has 0 aromatic carbocycles. The van der Waals surface area contributed by atoms with Gasteiger partial charge in [0.05, 0.1) is 19.3 Å². The molecule has 1 amide bonds. The summed E-state index contributed by atoms with van der Waals surface area (Å²) < 4.78 is 5.27. The van der Waals surface area contributed by atoms with E-state index in [4.69, 9.17) is 4.74 Å². The van der Waals surface area contributed by atoms with Gasteiger partial charge in [0.1, 0.15) is 0 Å². The third-order valence-electron chi connectivity index (χ3n) is 4.60. The molecule has 2 N–H and O–H groups in total. The molecule has 5 heteroatoms. The van der Waals surface area contributed by atoms with E-state index in [0.29, 0.717) is 19.5 Å². The number of nitrogens with one attached hydrogen (secondary N) is 1. The van der Waals surface area contributed by atoms with Gasteiger partial charge >= 0.3 is 0 Å². The molecule has 21 heavy (non-hydrogen) atoms. The van der Waals surface area contributed by atoms with Crippen LogP contribution >= 0.6 is 0 Å². The Morgan fingerprint density at radius 2 is 2.00 bits per heavy atom. The van der Waals surface area contributed by atoms with Gasteiger partial charge in [0.25, 0.3) is 0 Å². The van der Waals surface area contributed by atoms with Gasteiger partial charge < -0.3 is 15.2 Å². The fraction of sp³-hybridized carbons (Fsp3) is 0.938. The predicted molar refractivity (Wildman–Crippen MR) is 82.1 cm³/mol. The fourth-order valence-electron chi connectivity index (χ4n) is 3.32. The van der Waals surface area contributed by atoms with E-state index in [-0.39, 0.29) is 5.91 Å². The molecule has 122 valence electrons. The molecule has 1 atom stereocenters. The molecule has 2 rings (SSSR count). The van der Waals surface area contributed by atoms with Crippen LogP contribution in [0.25, 0.3) is 0 Å². The number of rotatable bonds is 8. The zero-order chi connectivity index (χ0) is 14.9. The topological polar surface area (TPSA) is 61.8 Å². The highest BCUT2D eigenvalue weighted by atomic mass is 16.5. The van der Waals surface area contributed by atoms with Crippen LogP contribution in [0.5, 0.6) is 0 Å². The first kappa shape index (κ1) is 16.7. The molecular formula is C16H30N2O3. The lowest BCUT2D eigenvalue weighted by atomic mass is 10.0. The Kier molecular flexibility index (Phi) is 7.47. The maximum absolute atomic E-state index is 11.8. The number of morpholine rings is 1. The van der Waals surface area contributed by atoms with E-state index in [2.05, 4.69) is 10.2 Å². The highest BCUT2D eigenvalue weighted by molar-refractivity contribution is 5.75. The van der Waals surface area contributed by atoms with Gasteiger partial charge in [0.2, 0.25) is 5.91 Å². The Balaban J connectivity index is 1.49. The lowest BCUT2D eigenvalue weighted by Gasteiger charge is -2.28. The fourth-order valence-corrected chi connectivity index (χ4v) is 3.32. The van der Waals surface area contributed by atoms with E-state index in [1.54, 1.807) is 0 Å². The standard InChI is InChI=1S/C16H30N2O3/c19-15(13-18-8-10-21-11-9-18)12-17-16(20)7-3-6-14-4-1-2-5-14/h14-15,19H,1-13H2,(H,17,20). The highest BCUT2D eigenvalue weighted by Crippen LogP contribution is 2.28. The summed E-state index contributed by atoms with van der Waals surface area (Å²) in [5.74, 6) is 0.929.